The molecule has 0 aliphatic rings. The number of nitrogens with one attached hydrogen (secondary N) is 1. The molecule has 0 saturated carbocycles. The molecule has 0 unspecified atom stereocenters. The Morgan fingerprint density at radius 1 is 1.47 bits per heavy atom. The van der Waals surface area contributed by atoms with Gasteiger partial charge in [0.05, 0.1) is 12.3 Å². The number of anilines is 1. The summed E-state index contributed by atoms with van der Waals surface area (Å²) in [5.74, 6) is 0. The third-order valence-electron chi connectivity index (χ3n) is 2.71. The average molecular weight is 297 g/mol. The minimum Gasteiger partial charge on any atom is -0.378 e. The number of aromatic nitrogens is 1. The van der Waals surface area contributed by atoms with Gasteiger partial charge in [-0.2, -0.15) is 11.3 Å². The molecule has 0 spiro atoms. The fourth-order valence-electron chi connectivity index (χ4n) is 1.81. The molecule has 2 aromatic heterocycles. The summed E-state index contributed by atoms with van der Waals surface area (Å²) < 4.78 is 5.21. The molecule has 2 heterocycles. The van der Waals surface area contributed by atoms with Crippen LogP contribution in [-0.4, -0.2) is 26.2 Å². The van der Waals surface area contributed by atoms with Gasteiger partial charge in [0.2, 0.25) is 0 Å². The Labute approximate surface area is 122 Å². The largest absolute Gasteiger partial charge is 0.378 e. The predicted molar refractivity (Wildman–Crippen MR) is 82.0 cm³/mol. The first-order valence-corrected chi connectivity index (χ1v) is 7.85. The van der Waals surface area contributed by atoms with Crippen molar-refractivity contribution in [3.8, 4) is 0 Å². The Balaban J connectivity index is 2.12. The molecule has 0 atom stereocenters. The first-order chi connectivity index (χ1) is 9.24. The molecule has 2 rings (SSSR count). The van der Waals surface area contributed by atoms with E-state index in [0.717, 1.165) is 23.9 Å². The van der Waals surface area contributed by atoms with Gasteiger partial charge >= 0.3 is 0 Å². The molecule has 0 radical (unpaired) electrons. The van der Waals surface area contributed by atoms with Crippen molar-refractivity contribution in [1.29, 1.82) is 0 Å². The van der Waals surface area contributed by atoms with Crippen LogP contribution < -0.4 is 10.2 Å². The van der Waals surface area contributed by atoms with E-state index < -0.39 is 0 Å². The fourth-order valence-corrected chi connectivity index (χ4v) is 3.50. The molecule has 0 bridgehead atoms. The van der Waals surface area contributed by atoms with Gasteiger partial charge in [-0.1, -0.05) is 0 Å². The van der Waals surface area contributed by atoms with Crippen LogP contribution in [-0.2, 0) is 24.4 Å². The van der Waals surface area contributed by atoms with E-state index in [1.54, 1.807) is 29.8 Å². The molecule has 0 aromatic carbocycles. The molecule has 0 saturated heterocycles. The molecular formula is C13H19N3OS2. The van der Waals surface area contributed by atoms with Crippen LogP contribution in [0.4, 0.5) is 5.13 Å². The van der Waals surface area contributed by atoms with Crippen LogP contribution in [0.3, 0.4) is 0 Å². The summed E-state index contributed by atoms with van der Waals surface area (Å²) >= 11 is 3.46. The van der Waals surface area contributed by atoms with Gasteiger partial charge in [-0.25, -0.2) is 4.98 Å². The SMILES string of the molecule is CNCc1sc(N(C)Cc2ccsc2)nc1COC. The molecule has 4 nitrogen and oxygen atoms in total. The van der Waals surface area contributed by atoms with Crippen molar-refractivity contribution in [2.24, 2.45) is 0 Å². The highest BCUT2D eigenvalue weighted by atomic mass is 32.1. The number of thiophene rings is 1. The van der Waals surface area contributed by atoms with Crippen LogP contribution in [0.2, 0.25) is 0 Å². The van der Waals surface area contributed by atoms with Crippen molar-refractivity contribution in [1.82, 2.24) is 10.3 Å². The Hall–Kier alpha value is -0.950. The van der Waals surface area contributed by atoms with Gasteiger partial charge in [0.15, 0.2) is 5.13 Å². The normalized spacial score (nSPS) is 10.9. The van der Waals surface area contributed by atoms with E-state index in [4.69, 9.17) is 4.74 Å². The Morgan fingerprint density at radius 3 is 2.95 bits per heavy atom. The van der Waals surface area contributed by atoms with Crippen molar-refractivity contribution >= 4 is 27.8 Å². The summed E-state index contributed by atoms with van der Waals surface area (Å²) in [4.78, 5) is 8.11. The second-order valence-electron chi connectivity index (χ2n) is 4.32. The summed E-state index contributed by atoms with van der Waals surface area (Å²) in [5, 5.41) is 8.50. The summed E-state index contributed by atoms with van der Waals surface area (Å²) in [7, 11) is 5.73. The Kier molecular flexibility index (Phi) is 5.33. The summed E-state index contributed by atoms with van der Waals surface area (Å²) in [6.07, 6.45) is 0. The van der Waals surface area contributed by atoms with E-state index in [9.17, 15) is 0 Å². The zero-order valence-corrected chi connectivity index (χ0v) is 13.1. The number of hydrogen-bond donors (Lipinski definition) is 1. The fraction of sp³-hybridized carbons (Fsp3) is 0.462. The molecule has 2 aromatic rings. The van der Waals surface area contributed by atoms with Crippen molar-refractivity contribution in [3.05, 3.63) is 33.0 Å². The van der Waals surface area contributed by atoms with E-state index in [1.165, 1.54) is 10.4 Å². The average Bonchev–Trinajstić information content (AvgIpc) is 3.01. The molecule has 6 heteroatoms. The number of hydrogen-bond acceptors (Lipinski definition) is 6. The summed E-state index contributed by atoms with van der Waals surface area (Å²) in [6, 6.07) is 2.15. The first kappa shape index (κ1) is 14.5. The lowest BCUT2D eigenvalue weighted by Gasteiger charge is -2.14. The summed E-state index contributed by atoms with van der Waals surface area (Å²) in [6.45, 7) is 2.30. The lowest BCUT2D eigenvalue weighted by molar-refractivity contribution is 0.181. The molecule has 19 heavy (non-hydrogen) atoms. The minimum atomic E-state index is 0.569. The second-order valence-corrected chi connectivity index (χ2v) is 6.16. The van der Waals surface area contributed by atoms with E-state index in [0.29, 0.717) is 6.61 Å². The standard InChI is InChI=1S/C13H19N3OS2/c1-14-6-12-11(8-17-3)15-13(19-12)16(2)7-10-4-5-18-9-10/h4-5,9,14H,6-8H2,1-3H3. The molecule has 0 aliphatic carbocycles. The second kappa shape index (κ2) is 7.00. The molecule has 0 aliphatic heterocycles. The number of rotatable bonds is 7. The zero-order chi connectivity index (χ0) is 13.7. The van der Waals surface area contributed by atoms with E-state index >= 15 is 0 Å². The van der Waals surface area contributed by atoms with Gasteiger partial charge in [0, 0.05) is 32.1 Å². The van der Waals surface area contributed by atoms with Crippen molar-refractivity contribution in [3.63, 3.8) is 0 Å². The van der Waals surface area contributed by atoms with E-state index in [2.05, 4.69) is 39.1 Å². The molecule has 0 amide bonds. The monoisotopic (exact) mass is 297 g/mol. The van der Waals surface area contributed by atoms with Crippen molar-refractivity contribution < 1.29 is 4.74 Å². The van der Waals surface area contributed by atoms with Crippen LogP contribution >= 0.6 is 22.7 Å². The topological polar surface area (TPSA) is 37.4 Å². The third kappa shape index (κ3) is 3.76. The molecule has 1 N–H and O–H groups in total. The highest BCUT2D eigenvalue weighted by Crippen LogP contribution is 2.27. The van der Waals surface area contributed by atoms with Gasteiger partial charge in [-0.3, -0.25) is 0 Å². The molecule has 0 fully saturated rings. The molecule has 104 valence electrons. The highest BCUT2D eigenvalue weighted by molar-refractivity contribution is 7.15. The Morgan fingerprint density at radius 2 is 2.32 bits per heavy atom. The summed E-state index contributed by atoms with van der Waals surface area (Å²) in [5.41, 5.74) is 2.36. The predicted octanol–water partition coefficient (Wildman–Crippen LogP) is 2.71. The van der Waals surface area contributed by atoms with Crippen molar-refractivity contribution in [2.45, 2.75) is 19.7 Å². The van der Waals surface area contributed by atoms with Gasteiger partial charge in [-0.05, 0) is 29.4 Å². The zero-order valence-electron chi connectivity index (χ0n) is 11.5. The quantitative estimate of drug-likeness (QED) is 0.852. The van der Waals surface area contributed by atoms with Crippen LogP contribution in [0.15, 0.2) is 16.8 Å². The number of thiazole rings is 1. The van der Waals surface area contributed by atoms with Gasteiger partial charge in [0.25, 0.3) is 0 Å². The molecular weight excluding hydrogens is 278 g/mol. The van der Waals surface area contributed by atoms with E-state index in [1.807, 2.05) is 7.05 Å². The minimum absolute atomic E-state index is 0.569. The van der Waals surface area contributed by atoms with Gasteiger partial charge < -0.3 is 15.0 Å². The maximum atomic E-state index is 5.21. The van der Waals surface area contributed by atoms with Crippen LogP contribution in [0.25, 0.3) is 0 Å². The van der Waals surface area contributed by atoms with Crippen LogP contribution in [0.5, 0.6) is 0 Å². The third-order valence-corrected chi connectivity index (χ3v) is 4.66. The maximum absolute atomic E-state index is 5.21. The first-order valence-electron chi connectivity index (χ1n) is 6.09. The number of ether oxygens (including phenoxy) is 1. The lowest BCUT2D eigenvalue weighted by Crippen LogP contribution is -2.15. The van der Waals surface area contributed by atoms with Gasteiger partial charge in [-0.15, -0.1) is 11.3 Å². The highest BCUT2D eigenvalue weighted by Gasteiger charge is 2.13. The van der Waals surface area contributed by atoms with E-state index in [-0.39, 0.29) is 0 Å². The smallest absolute Gasteiger partial charge is 0.185 e. The lowest BCUT2D eigenvalue weighted by atomic mass is 10.3. The van der Waals surface area contributed by atoms with Gasteiger partial charge in [0.1, 0.15) is 0 Å². The number of nitrogens with zero attached hydrogens (tertiary/aromatic N) is 2. The number of methoxy groups -OCH3 is 1. The van der Waals surface area contributed by atoms with Crippen LogP contribution in [0.1, 0.15) is 16.1 Å². The maximum Gasteiger partial charge on any atom is 0.185 e. The van der Waals surface area contributed by atoms with Crippen LogP contribution in [0, 0.1) is 0 Å². The van der Waals surface area contributed by atoms with Crippen molar-refractivity contribution in [2.75, 3.05) is 26.1 Å². The Bertz CT molecular complexity index is 472.